The van der Waals surface area contributed by atoms with Crippen LogP contribution in [0.4, 0.5) is 35.9 Å². The Kier molecular flexibility index (Phi) is 6.46. The van der Waals surface area contributed by atoms with E-state index in [0.717, 1.165) is 23.5 Å². The lowest BCUT2D eigenvalue weighted by Gasteiger charge is -2.28. The Morgan fingerprint density at radius 2 is 1.83 bits per heavy atom. The predicted octanol–water partition coefficient (Wildman–Crippen LogP) is 5.15. The summed E-state index contributed by atoms with van der Waals surface area (Å²) in [6.07, 6.45) is -3.53. The van der Waals surface area contributed by atoms with E-state index in [9.17, 15) is 13.2 Å². The predicted molar refractivity (Wildman–Crippen MR) is 133 cm³/mol. The summed E-state index contributed by atoms with van der Waals surface area (Å²) in [6.45, 7) is 3.65. The number of nitrogen functional groups attached to an aromatic ring is 1. The molecule has 3 aromatic heterocycles. The van der Waals surface area contributed by atoms with Gasteiger partial charge in [0.15, 0.2) is 5.13 Å². The van der Waals surface area contributed by atoms with Crippen molar-refractivity contribution >= 4 is 34.1 Å². The maximum atomic E-state index is 13.9. The molecule has 0 saturated carbocycles. The van der Waals surface area contributed by atoms with E-state index in [4.69, 9.17) is 10.5 Å². The summed E-state index contributed by atoms with van der Waals surface area (Å²) in [7, 11) is 0. The minimum atomic E-state index is -4.64. The average molecular weight is 514 g/mol. The van der Waals surface area contributed by atoms with Gasteiger partial charge in [-0.15, -0.1) is 11.3 Å². The molecular weight excluding hydrogens is 491 g/mol. The van der Waals surface area contributed by atoms with Crippen LogP contribution in [-0.2, 0) is 10.9 Å². The molecule has 4 heterocycles. The van der Waals surface area contributed by atoms with Crippen LogP contribution in [0.5, 0.6) is 0 Å². The first-order chi connectivity index (χ1) is 17.3. The average Bonchev–Trinajstić information content (AvgIpc) is 3.34. The molecule has 0 amide bonds. The molecule has 36 heavy (non-hydrogen) atoms. The number of alkyl halides is 3. The lowest BCUT2D eigenvalue weighted by Crippen LogP contribution is -2.37. The van der Waals surface area contributed by atoms with Gasteiger partial charge < -0.3 is 20.7 Å². The Labute approximate surface area is 209 Å². The standard InChI is InChI=1S/C24H22F3N7OS/c1-14-20(16-12-29-19(28)11-17(16)24(25,26)27)31-22(34-7-9-35-10-8-34)32-21(14)33-23-30-18(13-36-23)15-5-3-2-4-6-15/h2-6,11-13H,7-10H2,1H3,(H2,28,29)(H,30,31,32,33). The summed E-state index contributed by atoms with van der Waals surface area (Å²) in [6, 6.07) is 10.5. The van der Waals surface area contributed by atoms with Crippen LogP contribution in [-0.4, -0.2) is 46.2 Å². The van der Waals surface area contributed by atoms with Gasteiger partial charge in [0.25, 0.3) is 0 Å². The van der Waals surface area contributed by atoms with Crippen LogP contribution in [0, 0.1) is 6.92 Å². The van der Waals surface area contributed by atoms with Gasteiger partial charge in [0.05, 0.1) is 30.2 Å². The molecule has 8 nitrogen and oxygen atoms in total. The summed E-state index contributed by atoms with van der Waals surface area (Å²) in [4.78, 5) is 19.6. The molecular formula is C24H22F3N7OS. The quantitative estimate of drug-likeness (QED) is 0.378. The van der Waals surface area contributed by atoms with E-state index < -0.39 is 11.7 Å². The maximum absolute atomic E-state index is 13.9. The van der Waals surface area contributed by atoms with Gasteiger partial charge in [-0.3, -0.25) is 0 Å². The molecule has 0 atom stereocenters. The van der Waals surface area contributed by atoms with Gasteiger partial charge in [0.1, 0.15) is 11.6 Å². The Bertz CT molecular complexity index is 1370. The Morgan fingerprint density at radius 3 is 2.56 bits per heavy atom. The number of nitrogens with zero attached hydrogens (tertiary/aromatic N) is 5. The minimum absolute atomic E-state index is 0.119. The molecule has 1 saturated heterocycles. The Morgan fingerprint density at radius 1 is 1.08 bits per heavy atom. The molecule has 0 unspecified atom stereocenters. The van der Waals surface area contributed by atoms with Crippen LogP contribution in [0.2, 0.25) is 0 Å². The van der Waals surface area contributed by atoms with Crippen molar-refractivity contribution in [1.29, 1.82) is 0 Å². The van der Waals surface area contributed by atoms with Crippen LogP contribution in [0.3, 0.4) is 0 Å². The van der Waals surface area contributed by atoms with Gasteiger partial charge in [-0.2, -0.15) is 18.2 Å². The topological polar surface area (TPSA) is 102 Å². The number of rotatable bonds is 5. The van der Waals surface area contributed by atoms with E-state index >= 15 is 0 Å². The minimum Gasteiger partial charge on any atom is -0.384 e. The van der Waals surface area contributed by atoms with Crippen LogP contribution < -0.4 is 16.0 Å². The molecule has 1 aliphatic rings. The van der Waals surface area contributed by atoms with Crippen LogP contribution >= 0.6 is 11.3 Å². The van der Waals surface area contributed by atoms with Crippen molar-refractivity contribution in [3.63, 3.8) is 0 Å². The smallest absolute Gasteiger partial charge is 0.384 e. The van der Waals surface area contributed by atoms with E-state index in [-0.39, 0.29) is 17.1 Å². The van der Waals surface area contributed by atoms with Gasteiger partial charge in [0, 0.05) is 41.4 Å². The van der Waals surface area contributed by atoms with E-state index in [1.807, 2.05) is 40.6 Å². The molecule has 1 aliphatic heterocycles. The first-order valence-electron chi connectivity index (χ1n) is 11.1. The molecule has 0 aliphatic carbocycles. The zero-order chi connectivity index (χ0) is 25.3. The Hall–Kier alpha value is -3.77. The molecule has 0 radical (unpaired) electrons. The van der Waals surface area contributed by atoms with Crippen molar-refractivity contribution in [2.45, 2.75) is 13.1 Å². The van der Waals surface area contributed by atoms with Crippen molar-refractivity contribution in [3.8, 4) is 22.5 Å². The van der Waals surface area contributed by atoms with Gasteiger partial charge in [-0.25, -0.2) is 15.0 Å². The summed E-state index contributed by atoms with van der Waals surface area (Å²) in [5.41, 5.74) is 6.80. The number of nitrogens with one attached hydrogen (secondary N) is 1. The summed E-state index contributed by atoms with van der Waals surface area (Å²) in [5.74, 6) is 0.437. The van der Waals surface area contributed by atoms with Gasteiger partial charge >= 0.3 is 6.18 Å². The van der Waals surface area contributed by atoms with Crippen molar-refractivity contribution in [2.24, 2.45) is 0 Å². The first kappa shape index (κ1) is 23.9. The van der Waals surface area contributed by atoms with Crippen molar-refractivity contribution in [2.75, 3.05) is 42.3 Å². The highest BCUT2D eigenvalue weighted by Crippen LogP contribution is 2.40. The van der Waals surface area contributed by atoms with Crippen molar-refractivity contribution < 1.29 is 17.9 Å². The fourth-order valence-electron chi connectivity index (χ4n) is 3.86. The second-order valence-electron chi connectivity index (χ2n) is 8.13. The fourth-order valence-corrected chi connectivity index (χ4v) is 4.58. The van der Waals surface area contributed by atoms with Crippen molar-refractivity contribution in [1.82, 2.24) is 19.9 Å². The van der Waals surface area contributed by atoms with Crippen LogP contribution in [0.25, 0.3) is 22.5 Å². The molecule has 5 rings (SSSR count). The van der Waals surface area contributed by atoms with Crippen LogP contribution in [0.1, 0.15) is 11.1 Å². The number of ether oxygens (including phenoxy) is 1. The highest BCUT2D eigenvalue weighted by atomic mass is 32.1. The largest absolute Gasteiger partial charge is 0.417 e. The molecule has 0 spiro atoms. The summed E-state index contributed by atoms with van der Waals surface area (Å²) >= 11 is 1.38. The SMILES string of the molecule is Cc1c(Nc2nc(-c3ccccc3)cs2)nc(N2CCOCC2)nc1-c1cnc(N)cc1C(F)(F)F. The van der Waals surface area contributed by atoms with E-state index in [1.165, 1.54) is 11.3 Å². The normalized spacial score (nSPS) is 14.2. The number of anilines is 4. The number of aromatic nitrogens is 4. The molecule has 12 heteroatoms. The summed E-state index contributed by atoms with van der Waals surface area (Å²) in [5, 5.41) is 5.66. The maximum Gasteiger partial charge on any atom is 0.417 e. The van der Waals surface area contributed by atoms with Crippen molar-refractivity contribution in [3.05, 3.63) is 59.1 Å². The molecule has 3 N–H and O–H groups in total. The Balaban J connectivity index is 1.60. The number of pyridine rings is 1. The second kappa shape index (κ2) is 9.70. The van der Waals surface area contributed by atoms with Gasteiger partial charge in [0.2, 0.25) is 5.95 Å². The first-order valence-corrected chi connectivity index (χ1v) is 12.0. The number of nitrogens with two attached hydrogens (primary N) is 1. The van der Waals surface area contributed by atoms with E-state index in [2.05, 4.69) is 25.3 Å². The lowest BCUT2D eigenvalue weighted by atomic mass is 10.0. The molecule has 1 fully saturated rings. The van der Waals surface area contributed by atoms with Gasteiger partial charge in [-0.1, -0.05) is 30.3 Å². The third-order valence-corrected chi connectivity index (χ3v) is 6.47. The van der Waals surface area contributed by atoms with Crippen LogP contribution in [0.15, 0.2) is 48.0 Å². The van der Waals surface area contributed by atoms with E-state index in [1.54, 1.807) is 6.92 Å². The molecule has 186 valence electrons. The number of hydrogen-bond acceptors (Lipinski definition) is 9. The molecule has 4 aromatic rings. The molecule has 0 bridgehead atoms. The van der Waals surface area contributed by atoms with Gasteiger partial charge in [-0.05, 0) is 13.0 Å². The second-order valence-corrected chi connectivity index (χ2v) is 8.98. The number of morpholine rings is 1. The zero-order valence-electron chi connectivity index (χ0n) is 19.2. The third-order valence-electron chi connectivity index (χ3n) is 5.71. The monoisotopic (exact) mass is 513 g/mol. The highest BCUT2D eigenvalue weighted by molar-refractivity contribution is 7.14. The fraction of sp³-hybridized carbons (Fsp3) is 0.250. The molecule has 1 aromatic carbocycles. The van der Waals surface area contributed by atoms with E-state index in [0.29, 0.717) is 48.8 Å². The number of benzene rings is 1. The summed E-state index contributed by atoms with van der Waals surface area (Å²) < 4.78 is 47.2. The lowest BCUT2D eigenvalue weighted by molar-refractivity contribution is -0.137. The number of hydrogen-bond donors (Lipinski definition) is 2. The zero-order valence-corrected chi connectivity index (χ0v) is 20.0. The highest BCUT2D eigenvalue weighted by Gasteiger charge is 2.35. The number of thiazole rings is 1. The number of halogens is 3. The third kappa shape index (κ3) is 4.95.